The van der Waals surface area contributed by atoms with Crippen LogP contribution in [-0.2, 0) is 22.7 Å². The normalized spacial score (nSPS) is 12.3. The topological polar surface area (TPSA) is 58.6 Å². The lowest BCUT2D eigenvalue weighted by atomic mass is 10.1. The van der Waals surface area contributed by atoms with Crippen LogP contribution in [0.3, 0.4) is 0 Å². The van der Waals surface area contributed by atoms with Gasteiger partial charge in [0.2, 0.25) is 0 Å². The number of aliphatic carboxylic acids is 1. The maximum atomic E-state index is 11.0. The Morgan fingerprint density at radius 3 is 2.44 bits per heavy atom. The van der Waals surface area contributed by atoms with Gasteiger partial charge in [0.05, 0.1) is 6.61 Å². The van der Waals surface area contributed by atoms with Crippen molar-refractivity contribution in [2.75, 3.05) is 7.11 Å². The lowest BCUT2D eigenvalue weighted by Gasteiger charge is -2.13. The Kier molecular flexibility index (Phi) is 6.39. The van der Waals surface area contributed by atoms with Gasteiger partial charge in [-0.25, -0.2) is 0 Å². The van der Waals surface area contributed by atoms with E-state index in [0.717, 1.165) is 17.5 Å². The molecule has 0 aliphatic rings. The van der Waals surface area contributed by atoms with Gasteiger partial charge < -0.3 is 15.2 Å². The second-order valence-corrected chi connectivity index (χ2v) is 4.31. The summed E-state index contributed by atoms with van der Waals surface area (Å²) in [6.45, 7) is 3.16. The minimum atomic E-state index is -0.784. The smallest absolute Gasteiger partial charge is 0.320 e. The van der Waals surface area contributed by atoms with E-state index in [4.69, 9.17) is 9.84 Å². The van der Waals surface area contributed by atoms with Crippen molar-refractivity contribution in [1.82, 2.24) is 5.32 Å². The highest BCUT2D eigenvalue weighted by molar-refractivity contribution is 5.73. The summed E-state index contributed by atoms with van der Waals surface area (Å²) < 4.78 is 5.04. The summed E-state index contributed by atoms with van der Waals surface area (Å²) in [5.74, 6) is -0.784. The molecule has 0 radical (unpaired) electrons. The molecule has 0 aliphatic carbocycles. The third-order valence-corrected chi connectivity index (χ3v) is 2.76. The monoisotopic (exact) mass is 251 g/mol. The van der Waals surface area contributed by atoms with E-state index in [2.05, 4.69) is 5.32 Å². The molecule has 0 saturated heterocycles. The van der Waals surface area contributed by atoms with Gasteiger partial charge in [-0.2, -0.15) is 0 Å². The number of carbonyl (C=O) groups is 1. The summed E-state index contributed by atoms with van der Waals surface area (Å²) >= 11 is 0. The van der Waals surface area contributed by atoms with Crippen LogP contribution in [0.15, 0.2) is 24.3 Å². The number of hydrogen-bond acceptors (Lipinski definition) is 3. The molecule has 4 nitrogen and oxygen atoms in total. The minimum absolute atomic E-state index is 0.464. The highest BCUT2D eigenvalue weighted by Gasteiger charge is 2.14. The molecule has 0 saturated carbocycles. The quantitative estimate of drug-likeness (QED) is 0.743. The minimum Gasteiger partial charge on any atom is -0.480 e. The van der Waals surface area contributed by atoms with Crippen LogP contribution >= 0.6 is 0 Å². The van der Waals surface area contributed by atoms with E-state index in [9.17, 15) is 4.79 Å². The van der Waals surface area contributed by atoms with Gasteiger partial charge in [0, 0.05) is 13.7 Å². The van der Waals surface area contributed by atoms with Crippen molar-refractivity contribution in [2.24, 2.45) is 0 Å². The predicted octanol–water partition coefficient (Wildman–Crippen LogP) is 2.18. The molecule has 0 heterocycles. The van der Waals surface area contributed by atoms with Gasteiger partial charge in [-0.1, -0.05) is 37.6 Å². The number of methoxy groups -OCH3 is 1. The van der Waals surface area contributed by atoms with E-state index in [0.29, 0.717) is 19.6 Å². The van der Waals surface area contributed by atoms with Crippen molar-refractivity contribution in [3.8, 4) is 0 Å². The molecule has 1 atom stereocenters. The molecule has 0 aromatic heterocycles. The summed E-state index contributed by atoms with van der Waals surface area (Å²) in [4.78, 5) is 11.0. The number of carboxylic acids is 1. The molecule has 0 aliphatic heterocycles. The Balaban J connectivity index is 2.48. The molecule has 2 N–H and O–H groups in total. The molecule has 1 aromatic carbocycles. The fraction of sp³-hybridized carbons (Fsp3) is 0.500. The summed E-state index contributed by atoms with van der Waals surface area (Å²) in [6, 6.07) is 7.51. The Morgan fingerprint density at radius 2 is 1.94 bits per heavy atom. The van der Waals surface area contributed by atoms with Gasteiger partial charge >= 0.3 is 5.97 Å². The summed E-state index contributed by atoms with van der Waals surface area (Å²) in [6.07, 6.45) is 1.51. The van der Waals surface area contributed by atoms with Crippen LogP contribution < -0.4 is 5.32 Å². The Morgan fingerprint density at radius 1 is 1.33 bits per heavy atom. The molecule has 18 heavy (non-hydrogen) atoms. The van der Waals surface area contributed by atoms with Crippen molar-refractivity contribution in [2.45, 2.75) is 39.0 Å². The van der Waals surface area contributed by atoms with E-state index < -0.39 is 12.0 Å². The number of rotatable bonds is 8. The van der Waals surface area contributed by atoms with Crippen LogP contribution in [0.5, 0.6) is 0 Å². The van der Waals surface area contributed by atoms with Gasteiger partial charge in [-0.05, 0) is 17.5 Å². The number of hydrogen-bond donors (Lipinski definition) is 2. The van der Waals surface area contributed by atoms with Crippen LogP contribution in [0, 0.1) is 0 Å². The molecule has 1 unspecified atom stereocenters. The van der Waals surface area contributed by atoms with Crippen LogP contribution in [0.1, 0.15) is 30.9 Å². The fourth-order valence-corrected chi connectivity index (χ4v) is 1.76. The summed E-state index contributed by atoms with van der Waals surface area (Å²) in [5, 5.41) is 12.1. The first-order valence-corrected chi connectivity index (χ1v) is 6.20. The molecular formula is C14H21NO3. The van der Waals surface area contributed by atoms with E-state index in [-0.39, 0.29) is 0 Å². The highest BCUT2D eigenvalue weighted by atomic mass is 16.5. The lowest BCUT2D eigenvalue weighted by molar-refractivity contribution is -0.139. The zero-order valence-corrected chi connectivity index (χ0v) is 11.0. The van der Waals surface area contributed by atoms with Crippen molar-refractivity contribution < 1.29 is 14.6 Å². The zero-order chi connectivity index (χ0) is 13.4. The van der Waals surface area contributed by atoms with E-state index in [1.54, 1.807) is 7.11 Å². The van der Waals surface area contributed by atoms with Crippen molar-refractivity contribution >= 4 is 5.97 Å². The van der Waals surface area contributed by atoms with Crippen LogP contribution in [0.2, 0.25) is 0 Å². The first-order valence-electron chi connectivity index (χ1n) is 6.20. The molecule has 0 amide bonds. The van der Waals surface area contributed by atoms with E-state index in [1.807, 2.05) is 31.2 Å². The molecular weight excluding hydrogens is 230 g/mol. The largest absolute Gasteiger partial charge is 0.480 e. The van der Waals surface area contributed by atoms with Crippen molar-refractivity contribution in [3.05, 3.63) is 35.4 Å². The second-order valence-electron chi connectivity index (χ2n) is 4.31. The molecule has 0 spiro atoms. The highest BCUT2D eigenvalue weighted by Crippen LogP contribution is 2.06. The average Bonchev–Trinajstić information content (AvgIpc) is 2.36. The van der Waals surface area contributed by atoms with Gasteiger partial charge in [-0.15, -0.1) is 0 Å². The van der Waals surface area contributed by atoms with Gasteiger partial charge in [0.25, 0.3) is 0 Å². The molecule has 1 rings (SSSR count). The van der Waals surface area contributed by atoms with E-state index >= 15 is 0 Å². The number of ether oxygens (including phenoxy) is 1. The lowest BCUT2D eigenvalue weighted by Crippen LogP contribution is -2.35. The van der Waals surface area contributed by atoms with Crippen molar-refractivity contribution in [1.29, 1.82) is 0 Å². The molecule has 0 bridgehead atoms. The molecule has 100 valence electrons. The third kappa shape index (κ3) is 4.85. The standard InChI is InChI=1S/C14H21NO3/c1-3-4-13(14(16)17)15-9-11-5-7-12(8-6-11)10-18-2/h5-8,13,15H,3-4,9-10H2,1-2H3,(H,16,17). The van der Waals surface area contributed by atoms with Gasteiger partial charge in [-0.3, -0.25) is 4.79 Å². The SMILES string of the molecule is CCCC(NCc1ccc(COC)cc1)C(=O)O. The maximum Gasteiger partial charge on any atom is 0.320 e. The average molecular weight is 251 g/mol. The van der Waals surface area contributed by atoms with Crippen LogP contribution in [-0.4, -0.2) is 24.2 Å². The predicted molar refractivity (Wildman–Crippen MR) is 70.3 cm³/mol. The summed E-state index contributed by atoms with van der Waals surface area (Å²) in [5.41, 5.74) is 2.20. The Labute approximate surface area is 108 Å². The van der Waals surface area contributed by atoms with E-state index in [1.165, 1.54) is 0 Å². The number of carboxylic acid groups (broad SMARTS) is 1. The molecule has 4 heteroatoms. The van der Waals surface area contributed by atoms with Crippen molar-refractivity contribution in [3.63, 3.8) is 0 Å². The first kappa shape index (κ1) is 14.7. The zero-order valence-electron chi connectivity index (χ0n) is 11.0. The Hall–Kier alpha value is -1.39. The van der Waals surface area contributed by atoms with Crippen LogP contribution in [0.25, 0.3) is 0 Å². The number of benzene rings is 1. The third-order valence-electron chi connectivity index (χ3n) is 2.76. The fourth-order valence-electron chi connectivity index (χ4n) is 1.76. The summed E-state index contributed by atoms with van der Waals surface area (Å²) in [7, 11) is 1.66. The van der Waals surface area contributed by atoms with Gasteiger partial charge in [0.15, 0.2) is 0 Å². The van der Waals surface area contributed by atoms with Gasteiger partial charge in [0.1, 0.15) is 6.04 Å². The number of nitrogens with one attached hydrogen (secondary N) is 1. The van der Waals surface area contributed by atoms with Crippen LogP contribution in [0.4, 0.5) is 0 Å². The molecule has 1 aromatic rings. The molecule has 0 fully saturated rings. The first-order chi connectivity index (χ1) is 8.67. The maximum absolute atomic E-state index is 11.0. The second kappa shape index (κ2) is 7.84. The Bertz CT molecular complexity index is 362.